The van der Waals surface area contributed by atoms with Crippen molar-refractivity contribution in [2.45, 2.75) is 52.5 Å². The molecule has 7 nitrogen and oxygen atoms in total. The minimum atomic E-state index is -0.194. The number of phenols is 1. The van der Waals surface area contributed by atoms with E-state index in [9.17, 15) is 9.90 Å². The normalized spacial score (nSPS) is 16.3. The van der Waals surface area contributed by atoms with E-state index in [4.69, 9.17) is 0 Å². The second-order valence-electron chi connectivity index (χ2n) is 7.93. The van der Waals surface area contributed by atoms with Crippen LogP contribution >= 0.6 is 24.0 Å². The molecule has 2 rings (SSSR count). The summed E-state index contributed by atoms with van der Waals surface area (Å²) in [5.74, 6) is 1.18. The average Bonchev–Trinajstić information content (AvgIpc) is 2.97. The number of aliphatic imine (C=N–C) groups is 1. The fraction of sp³-hybridized carbons (Fsp3) is 0.636. The lowest BCUT2D eigenvalue weighted by Crippen LogP contribution is -2.49. The molecule has 0 aliphatic carbocycles. The highest BCUT2D eigenvalue weighted by Gasteiger charge is 2.22. The van der Waals surface area contributed by atoms with E-state index in [2.05, 4.69) is 39.7 Å². The van der Waals surface area contributed by atoms with Gasteiger partial charge in [-0.25, -0.2) is 4.99 Å². The maximum absolute atomic E-state index is 12.2. The molecule has 170 valence electrons. The molecule has 1 heterocycles. The minimum absolute atomic E-state index is 0. The van der Waals surface area contributed by atoms with E-state index in [1.54, 1.807) is 24.3 Å². The van der Waals surface area contributed by atoms with Gasteiger partial charge in [0.05, 0.1) is 0 Å². The number of halogens is 1. The molecule has 1 aliphatic rings. The Kier molecular flexibility index (Phi) is 12.8. The first kappa shape index (κ1) is 26.5. The van der Waals surface area contributed by atoms with Crippen molar-refractivity contribution in [3.05, 3.63) is 24.3 Å². The molecule has 1 fully saturated rings. The van der Waals surface area contributed by atoms with Gasteiger partial charge in [-0.05, 0) is 63.0 Å². The van der Waals surface area contributed by atoms with Crippen LogP contribution < -0.4 is 16.0 Å². The van der Waals surface area contributed by atoms with E-state index < -0.39 is 0 Å². The number of guanidine groups is 1. The number of hydrogen-bond acceptors (Lipinski definition) is 4. The molecule has 30 heavy (non-hydrogen) atoms. The molecule has 0 bridgehead atoms. The number of carbonyl (C=O) groups excluding carboxylic acids is 1. The standard InChI is InChI=1S/C22H37N5O2.HI/c1-4-23-22(25-16-21(29)26-18-9-11-19(28)12-10-18)24-15-20(17(2)3)27-13-7-5-6-8-14-27;/h9-12,17,20,28H,4-8,13-16H2,1-3H3,(H,26,29)(H2,23,24,25);1H. The highest BCUT2D eigenvalue weighted by molar-refractivity contribution is 14.0. The zero-order chi connectivity index (χ0) is 21.1. The van der Waals surface area contributed by atoms with E-state index in [1.165, 1.54) is 25.7 Å². The summed E-state index contributed by atoms with van der Waals surface area (Å²) in [6.07, 6.45) is 5.20. The number of rotatable bonds is 8. The Morgan fingerprint density at radius 1 is 1.10 bits per heavy atom. The molecule has 0 saturated carbocycles. The number of nitrogens with zero attached hydrogens (tertiary/aromatic N) is 2. The third-order valence-electron chi connectivity index (χ3n) is 5.23. The number of phenolic OH excluding ortho intramolecular Hbond substituents is 1. The third-order valence-corrected chi connectivity index (χ3v) is 5.23. The Morgan fingerprint density at radius 2 is 1.73 bits per heavy atom. The van der Waals surface area contributed by atoms with Gasteiger partial charge in [-0.1, -0.05) is 26.7 Å². The minimum Gasteiger partial charge on any atom is -0.508 e. The van der Waals surface area contributed by atoms with Gasteiger partial charge < -0.3 is 21.1 Å². The topological polar surface area (TPSA) is 89.0 Å². The molecule has 0 radical (unpaired) electrons. The maximum atomic E-state index is 12.2. The maximum Gasteiger partial charge on any atom is 0.246 e. The molecule has 1 amide bonds. The summed E-state index contributed by atoms with van der Waals surface area (Å²) in [6.45, 7) is 10.5. The number of benzene rings is 1. The first-order valence-electron chi connectivity index (χ1n) is 10.8. The summed E-state index contributed by atoms with van der Waals surface area (Å²) >= 11 is 0. The molecular formula is C22H38IN5O2. The fourth-order valence-electron chi connectivity index (χ4n) is 3.65. The molecule has 1 aromatic rings. The van der Waals surface area contributed by atoms with E-state index in [1.807, 2.05) is 6.92 Å². The highest BCUT2D eigenvalue weighted by Crippen LogP contribution is 2.17. The highest BCUT2D eigenvalue weighted by atomic mass is 127. The SMILES string of the molecule is CCNC(=NCC(=O)Nc1ccc(O)cc1)NCC(C(C)C)N1CCCCCC1.I. The summed E-state index contributed by atoms with van der Waals surface area (Å²) < 4.78 is 0. The van der Waals surface area contributed by atoms with Gasteiger partial charge in [0.1, 0.15) is 12.3 Å². The number of amides is 1. The summed E-state index contributed by atoms with van der Waals surface area (Å²) in [6, 6.07) is 6.85. The van der Waals surface area contributed by atoms with E-state index in [-0.39, 0.29) is 42.2 Å². The van der Waals surface area contributed by atoms with Gasteiger partial charge in [0.2, 0.25) is 5.91 Å². The van der Waals surface area contributed by atoms with Crippen molar-refractivity contribution in [1.29, 1.82) is 0 Å². The lowest BCUT2D eigenvalue weighted by Gasteiger charge is -2.34. The lowest BCUT2D eigenvalue weighted by atomic mass is 10.0. The zero-order valence-corrected chi connectivity index (χ0v) is 20.8. The summed E-state index contributed by atoms with van der Waals surface area (Å²) in [4.78, 5) is 19.2. The lowest BCUT2D eigenvalue weighted by molar-refractivity contribution is -0.114. The van der Waals surface area contributed by atoms with Crippen LogP contribution in [0.3, 0.4) is 0 Å². The van der Waals surface area contributed by atoms with Gasteiger partial charge in [0.15, 0.2) is 5.96 Å². The van der Waals surface area contributed by atoms with Crippen molar-refractivity contribution in [1.82, 2.24) is 15.5 Å². The van der Waals surface area contributed by atoms with E-state index in [0.717, 1.165) is 26.2 Å². The van der Waals surface area contributed by atoms with Crippen LogP contribution in [0.25, 0.3) is 0 Å². The van der Waals surface area contributed by atoms with Crippen molar-refractivity contribution in [2.75, 3.05) is 38.0 Å². The molecule has 4 N–H and O–H groups in total. The summed E-state index contributed by atoms with van der Waals surface area (Å²) in [7, 11) is 0. The molecule has 1 aromatic carbocycles. The van der Waals surface area contributed by atoms with E-state index >= 15 is 0 Å². The van der Waals surface area contributed by atoms with Gasteiger partial charge in [0, 0.05) is 24.8 Å². The molecule has 1 aliphatic heterocycles. The molecule has 1 unspecified atom stereocenters. The fourth-order valence-corrected chi connectivity index (χ4v) is 3.65. The number of carbonyl (C=O) groups is 1. The van der Waals surface area contributed by atoms with Crippen LogP contribution in [0.1, 0.15) is 46.5 Å². The van der Waals surface area contributed by atoms with Crippen LogP contribution in [0.4, 0.5) is 5.69 Å². The van der Waals surface area contributed by atoms with Crippen LogP contribution in [0, 0.1) is 5.92 Å². The average molecular weight is 531 g/mol. The quantitative estimate of drug-likeness (QED) is 0.179. The van der Waals surface area contributed by atoms with Crippen molar-refractivity contribution < 1.29 is 9.90 Å². The summed E-state index contributed by atoms with van der Waals surface area (Å²) in [5, 5.41) is 18.8. The number of hydrogen-bond donors (Lipinski definition) is 4. The van der Waals surface area contributed by atoms with Crippen molar-refractivity contribution in [3.8, 4) is 5.75 Å². The third kappa shape index (κ3) is 9.51. The Morgan fingerprint density at radius 3 is 2.30 bits per heavy atom. The molecule has 1 atom stereocenters. The predicted octanol–water partition coefficient (Wildman–Crippen LogP) is 3.40. The Bertz CT molecular complexity index is 643. The number of likely N-dealkylation sites (tertiary alicyclic amines) is 1. The molecule has 1 saturated heterocycles. The second-order valence-corrected chi connectivity index (χ2v) is 7.93. The van der Waals surface area contributed by atoms with Crippen molar-refractivity contribution in [2.24, 2.45) is 10.9 Å². The Hall–Kier alpha value is -1.55. The first-order valence-corrected chi connectivity index (χ1v) is 10.8. The van der Waals surface area contributed by atoms with E-state index in [0.29, 0.717) is 23.6 Å². The van der Waals surface area contributed by atoms with Gasteiger partial charge in [-0.15, -0.1) is 24.0 Å². The van der Waals surface area contributed by atoms with Crippen LogP contribution in [-0.2, 0) is 4.79 Å². The Balaban J connectivity index is 0.00000450. The predicted molar refractivity (Wildman–Crippen MR) is 135 cm³/mol. The van der Waals surface area contributed by atoms with Crippen LogP contribution in [0.5, 0.6) is 5.75 Å². The second kappa shape index (κ2) is 14.5. The molecule has 0 aromatic heterocycles. The molecule has 0 spiro atoms. The number of anilines is 1. The Labute approximate surface area is 198 Å². The summed E-state index contributed by atoms with van der Waals surface area (Å²) in [5.41, 5.74) is 0.641. The molecular weight excluding hydrogens is 493 g/mol. The van der Waals surface area contributed by atoms with Gasteiger partial charge in [-0.2, -0.15) is 0 Å². The largest absolute Gasteiger partial charge is 0.508 e. The monoisotopic (exact) mass is 531 g/mol. The molecule has 8 heteroatoms. The number of aromatic hydroxyl groups is 1. The van der Waals surface area contributed by atoms with Crippen molar-refractivity contribution >= 4 is 41.5 Å². The van der Waals surface area contributed by atoms with Crippen LogP contribution in [0.2, 0.25) is 0 Å². The number of nitrogens with one attached hydrogen (secondary N) is 3. The first-order chi connectivity index (χ1) is 14.0. The van der Waals surface area contributed by atoms with Crippen molar-refractivity contribution in [3.63, 3.8) is 0 Å². The van der Waals surface area contributed by atoms with Crippen LogP contribution in [-0.4, -0.2) is 60.6 Å². The van der Waals surface area contributed by atoms with Gasteiger partial charge in [-0.3, -0.25) is 9.69 Å². The van der Waals surface area contributed by atoms with Crippen LogP contribution in [0.15, 0.2) is 29.3 Å². The van der Waals surface area contributed by atoms with Gasteiger partial charge >= 0.3 is 0 Å². The van der Waals surface area contributed by atoms with Gasteiger partial charge in [0.25, 0.3) is 0 Å². The smallest absolute Gasteiger partial charge is 0.246 e. The zero-order valence-electron chi connectivity index (χ0n) is 18.5.